The van der Waals surface area contributed by atoms with Crippen LogP contribution in [-0.2, 0) is 15.3 Å². The Balaban J connectivity index is 1.91. The molecule has 0 radical (unpaired) electrons. The molecular weight excluding hydrogens is 380 g/mol. The normalized spacial score (nSPS) is 15.4. The lowest BCUT2D eigenvalue weighted by Crippen LogP contribution is -2.37. The quantitative estimate of drug-likeness (QED) is 0.676. The first-order chi connectivity index (χ1) is 13.3. The van der Waals surface area contributed by atoms with Gasteiger partial charge in [0.25, 0.3) is 0 Å². The first-order valence-corrected chi connectivity index (χ1v) is 11.3. The average molecular weight is 407 g/mol. The van der Waals surface area contributed by atoms with Gasteiger partial charge >= 0.3 is 0 Å². The van der Waals surface area contributed by atoms with Gasteiger partial charge < -0.3 is 15.0 Å². The predicted molar refractivity (Wildman–Crippen MR) is 112 cm³/mol. The summed E-state index contributed by atoms with van der Waals surface area (Å²) in [5.74, 6) is 1.28. The Morgan fingerprint density at radius 1 is 1.21 bits per heavy atom. The molecule has 1 saturated heterocycles. The summed E-state index contributed by atoms with van der Waals surface area (Å²) in [6.45, 7) is 4.50. The molecule has 9 heteroatoms. The van der Waals surface area contributed by atoms with Crippen LogP contribution in [0.3, 0.4) is 0 Å². The highest BCUT2D eigenvalue weighted by molar-refractivity contribution is 8.23. The van der Waals surface area contributed by atoms with E-state index in [-0.39, 0.29) is 11.7 Å². The molecule has 0 unspecified atom stereocenters. The number of amides is 1. The van der Waals surface area contributed by atoms with Crippen LogP contribution in [0.25, 0.3) is 11.4 Å². The molecule has 1 aromatic heterocycles. The minimum absolute atomic E-state index is 0.0475. The van der Waals surface area contributed by atoms with Crippen LogP contribution in [0.15, 0.2) is 30.3 Å². The van der Waals surface area contributed by atoms with E-state index in [2.05, 4.69) is 20.2 Å². The first-order valence-electron chi connectivity index (χ1n) is 9.16. The molecular formula is C19H26N4O4S. The van der Waals surface area contributed by atoms with Crippen molar-refractivity contribution in [3.05, 3.63) is 36.0 Å². The van der Waals surface area contributed by atoms with E-state index in [0.29, 0.717) is 36.8 Å². The summed E-state index contributed by atoms with van der Waals surface area (Å²) in [7, 11) is -2.73. The van der Waals surface area contributed by atoms with Crippen LogP contribution >= 0.6 is 10.6 Å². The van der Waals surface area contributed by atoms with E-state index in [1.54, 1.807) is 19.1 Å². The van der Waals surface area contributed by atoms with E-state index in [4.69, 9.17) is 4.74 Å². The third-order valence-electron chi connectivity index (χ3n) is 4.27. The Bertz CT molecular complexity index is 818. The van der Waals surface area contributed by atoms with Crippen molar-refractivity contribution in [2.75, 3.05) is 42.8 Å². The van der Waals surface area contributed by atoms with Gasteiger partial charge in [0.1, 0.15) is 5.82 Å². The Morgan fingerprint density at radius 3 is 2.50 bits per heavy atom. The minimum atomic E-state index is -2.73. The van der Waals surface area contributed by atoms with E-state index >= 15 is 0 Å². The Kier molecular flexibility index (Phi) is 6.50. The monoisotopic (exact) mass is 406 g/mol. The fourth-order valence-electron chi connectivity index (χ4n) is 2.87. The summed E-state index contributed by atoms with van der Waals surface area (Å²) in [6.07, 6.45) is 1.83. The molecule has 1 aliphatic rings. The average Bonchev–Trinajstić information content (AvgIpc) is 2.67. The molecule has 3 N–H and O–H groups in total. The lowest BCUT2D eigenvalue weighted by Gasteiger charge is -2.30. The molecule has 1 fully saturated rings. The van der Waals surface area contributed by atoms with Gasteiger partial charge in [-0.1, -0.05) is 6.92 Å². The van der Waals surface area contributed by atoms with Crippen molar-refractivity contribution in [2.45, 2.75) is 19.1 Å². The van der Waals surface area contributed by atoms with Crippen molar-refractivity contribution >= 4 is 28.0 Å². The fraction of sp³-hybridized carbons (Fsp3) is 0.421. The Morgan fingerprint density at radius 2 is 1.89 bits per heavy atom. The van der Waals surface area contributed by atoms with Crippen LogP contribution in [0.4, 0.5) is 11.5 Å². The summed E-state index contributed by atoms with van der Waals surface area (Å²) >= 11 is 0. The molecule has 3 rings (SSSR count). The van der Waals surface area contributed by atoms with Crippen LogP contribution in [0, 0.1) is 0 Å². The highest BCUT2D eigenvalue weighted by Crippen LogP contribution is 2.38. The van der Waals surface area contributed by atoms with Gasteiger partial charge in [-0.15, -0.1) is 0 Å². The Hall–Kier alpha value is -2.20. The highest BCUT2D eigenvalue weighted by atomic mass is 32.3. The van der Waals surface area contributed by atoms with Crippen molar-refractivity contribution in [1.82, 2.24) is 9.97 Å². The topological polar surface area (TPSA) is 108 Å². The fourth-order valence-corrected chi connectivity index (χ4v) is 3.58. The van der Waals surface area contributed by atoms with E-state index < -0.39 is 10.6 Å². The van der Waals surface area contributed by atoms with E-state index in [1.165, 1.54) is 6.26 Å². The van der Waals surface area contributed by atoms with Gasteiger partial charge in [-0.2, -0.15) is 10.6 Å². The predicted octanol–water partition coefficient (Wildman–Crippen LogP) is 3.21. The van der Waals surface area contributed by atoms with E-state index in [9.17, 15) is 13.9 Å². The number of ether oxygens (including phenoxy) is 1. The number of nitrogens with one attached hydrogen (secondary N) is 1. The van der Waals surface area contributed by atoms with Gasteiger partial charge in [0, 0.05) is 43.1 Å². The van der Waals surface area contributed by atoms with Gasteiger partial charge in [-0.3, -0.25) is 13.9 Å². The maximum Gasteiger partial charge on any atom is 0.224 e. The smallest absolute Gasteiger partial charge is 0.224 e. The van der Waals surface area contributed by atoms with Crippen molar-refractivity contribution in [1.29, 1.82) is 0 Å². The number of hydrogen-bond donors (Lipinski definition) is 3. The largest absolute Gasteiger partial charge is 0.378 e. The van der Waals surface area contributed by atoms with Crippen molar-refractivity contribution in [2.24, 2.45) is 0 Å². The molecule has 152 valence electrons. The summed E-state index contributed by atoms with van der Waals surface area (Å²) in [6, 6.07) is 9.11. The molecule has 0 atom stereocenters. The van der Waals surface area contributed by atoms with E-state index in [0.717, 1.165) is 24.5 Å². The molecule has 0 aliphatic carbocycles. The van der Waals surface area contributed by atoms with Gasteiger partial charge in [-0.25, -0.2) is 9.97 Å². The van der Waals surface area contributed by atoms with E-state index in [1.807, 2.05) is 18.2 Å². The lowest BCUT2D eigenvalue weighted by molar-refractivity contribution is -0.115. The van der Waals surface area contributed by atoms with Gasteiger partial charge in [0.2, 0.25) is 5.91 Å². The molecule has 2 heterocycles. The second kappa shape index (κ2) is 8.87. The molecule has 8 nitrogen and oxygen atoms in total. The zero-order valence-electron chi connectivity index (χ0n) is 16.1. The number of hydrogen-bond acceptors (Lipinski definition) is 7. The van der Waals surface area contributed by atoms with Crippen molar-refractivity contribution < 1.29 is 18.6 Å². The molecule has 28 heavy (non-hydrogen) atoms. The Labute approximate surface area is 166 Å². The summed E-state index contributed by atoms with van der Waals surface area (Å²) in [5.41, 5.74) is 2.08. The highest BCUT2D eigenvalue weighted by Gasteiger charge is 2.17. The molecule has 0 spiro atoms. The van der Waals surface area contributed by atoms with Crippen molar-refractivity contribution in [3.63, 3.8) is 0 Å². The third-order valence-corrected chi connectivity index (χ3v) is 5.11. The number of nitrogens with zero attached hydrogens (tertiary/aromatic N) is 3. The number of anilines is 2. The lowest BCUT2D eigenvalue weighted by atomic mass is 10.2. The zero-order valence-corrected chi connectivity index (χ0v) is 16.9. The summed E-state index contributed by atoms with van der Waals surface area (Å²) in [5, 5.41) is 2.81. The standard InChI is InChI=1S/C19H26N4O4S/c1-3-18(24)20-15-6-4-14(5-7-15)19-21-16(13-28(2,25)26)12-17(22-19)23-8-10-27-11-9-23/h4-7,12,25-26H,3,8-11,13H2,1-2H3,(H,20,24). The van der Waals surface area contributed by atoms with Crippen LogP contribution < -0.4 is 10.2 Å². The van der Waals surface area contributed by atoms with Gasteiger partial charge in [0.15, 0.2) is 5.82 Å². The number of morpholine rings is 1. The number of carbonyl (C=O) groups is 1. The van der Waals surface area contributed by atoms with Crippen LogP contribution in [0.2, 0.25) is 0 Å². The van der Waals surface area contributed by atoms with Gasteiger partial charge in [0.05, 0.1) is 24.7 Å². The first kappa shape index (κ1) is 20.5. The van der Waals surface area contributed by atoms with Crippen LogP contribution in [0.1, 0.15) is 19.0 Å². The third kappa shape index (κ3) is 5.65. The number of rotatable bonds is 6. The summed E-state index contributed by atoms with van der Waals surface area (Å²) in [4.78, 5) is 22.9. The van der Waals surface area contributed by atoms with Crippen LogP contribution in [-0.4, -0.2) is 57.5 Å². The maximum absolute atomic E-state index is 11.5. The SMILES string of the molecule is CCC(=O)Nc1ccc(-c2nc(CS(C)(O)O)cc(N3CCOCC3)n2)cc1. The van der Waals surface area contributed by atoms with Crippen LogP contribution in [0.5, 0.6) is 0 Å². The molecule has 1 aliphatic heterocycles. The molecule has 1 aromatic carbocycles. The minimum Gasteiger partial charge on any atom is -0.378 e. The molecule has 0 saturated carbocycles. The summed E-state index contributed by atoms with van der Waals surface area (Å²) < 4.78 is 25.2. The zero-order chi connectivity index (χ0) is 20.1. The second-order valence-corrected chi connectivity index (χ2v) is 9.03. The maximum atomic E-state index is 11.5. The number of benzene rings is 1. The molecule has 1 amide bonds. The van der Waals surface area contributed by atoms with Gasteiger partial charge in [-0.05, 0) is 24.3 Å². The number of carbonyl (C=O) groups excluding carboxylic acids is 1. The van der Waals surface area contributed by atoms with Crippen molar-refractivity contribution in [3.8, 4) is 11.4 Å². The molecule has 2 aromatic rings. The second-order valence-electron chi connectivity index (χ2n) is 6.76. The molecule has 0 bridgehead atoms. The number of aromatic nitrogens is 2.